The highest BCUT2D eigenvalue weighted by Gasteiger charge is 2.45. The molecule has 2 amide bonds. The molecular formula is C25H28Cl2N2O2S. The lowest BCUT2D eigenvalue weighted by Crippen LogP contribution is -2.51. The monoisotopic (exact) mass is 490 g/mol. The molecule has 2 unspecified atom stereocenters. The molecule has 2 fully saturated rings. The summed E-state index contributed by atoms with van der Waals surface area (Å²) in [5.41, 5.74) is 1.58. The maximum absolute atomic E-state index is 13.5. The number of carbonyl (C=O) groups excluding carboxylic acids is 2. The van der Waals surface area contributed by atoms with Crippen LogP contribution >= 0.6 is 35.0 Å². The first-order chi connectivity index (χ1) is 15.5. The lowest BCUT2D eigenvalue weighted by Gasteiger charge is -2.35. The van der Waals surface area contributed by atoms with Crippen LogP contribution in [0.2, 0.25) is 10.0 Å². The van der Waals surface area contributed by atoms with E-state index in [0.717, 1.165) is 18.4 Å². The highest BCUT2D eigenvalue weighted by molar-refractivity contribution is 8.00. The molecule has 2 aliphatic rings. The number of nitrogens with zero attached hydrogens (tertiary/aromatic N) is 1. The molecule has 1 saturated heterocycles. The van der Waals surface area contributed by atoms with Gasteiger partial charge in [0.25, 0.3) is 5.91 Å². The van der Waals surface area contributed by atoms with E-state index in [2.05, 4.69) is 5.32 Å². The first-order valence-corrected chi connectivity index (χ1v) is 13.1. The third-order valence-electron chi connectivity index (χ3n) is 6.35. The first kappa shape index (κ1) is 23.5. The lowest BCUT2D eigenvalue weighted by molar-refractivity contribution is -0.125. The molecule has 0 spiro atoms. The number of amides is 2. The zero-order valence-electron chi connectivity index (χ0n) is 17.9. The Kier molecular flexibility index (Phi) is 8.03. The van der Waals surface area contributed by atoms with Crippen LogP contribution in [0.1, 0.15) is 48.0 Å². The van der Waals surface area contributed by atoms with Crippen LogP contribution in [0.4, 0.5) is 0 Å². The van der Waals surface area contributed by atoms with E-state index < -0.39 is 6.04 Å². The van der Waals surface area contributed by atoms with E-state index in [1.54, 1.807) is 23.9 Å². The summed E-state index contributed by atoms with van der Waals surface area (Å²) < 4.78 is 0. The van der Waals surface area contributed by atoms with Crippen molar-refractivity contribution in [3.05, 3.63) is 69.7 Å². The molecule has 4 rings (SSSR count). The van der Waals surface area contributed by atoms with Crippen molar-refractivity contribution in [3.63, 3.8) is 0 Å². The molecule has 0 aromatic heterocycles. The standard InChI is InChI=1S/C25H28Cl2N2O2S/c26-20-12-11-17(21(27)15-20)13-14-28-23(30)22-16-32-25(19-9-5-2-6-10-19)29(22)24(31)18-7-3-1-4-8-18/h1,3-4,7-8,11-12,15,19,22,25H,2,5-6,9-10,13-14,16H2,(H,28,30). The second kappa shape index (κ2) is 11.0. The Morgan fingerprint density at radius 2 is 1.78 bits per heavy atom. The van der Waals surface area contributed by atoms with Gasteiger partial charge in [-0.3, -0.25) is 9.59 Å². The third-order valence-corrected chi connectivity index (χ3v) is 8.40. The molecule has 2 atom stereocenters. The van der Waals surface area contributed by atoms with Gasteiger partial charge in [-0.2, -0.15) is 0 Å². The van der Waals surface area contributed by atoms with Crippen molar-refractivity contribution in [2.24, 2.45) is 5.92 Å². The molecule has 2 aromatic rings. The van der Waals surface area contributed by atoms with Crippen molar-refractivity contribution >= 4 is 46.8 Å². The topological polar surface area (TPSA) is 49.4 Å². The second-order valence-corrected chi connectivity index (χ2v) is 10.5. The minimum atomic E-state index is -0.458. The zero-order chi connectivity index (χ0) is 22.5. The van der Waals surface area contributed by atoms with Crippen molar-refractivity contribution in [2.75, 3.05) is 12.3 Å². The second-order valence-electron chi connectivity index (χ2n) is 8.49. The van der Waals surface area contributed by atoms with Crippen LogP contribution in [0.3, 0.4) is 0 Å². The fourth-order valence-electron chi connectivity index (χ4n) is 4.66. The zero-order valence-corrected chi connectivity index (χ0v) is 20.3. The quantitative estimate of drug-likeness (QED) is 0.554. The Hall–Kier alpha value is -1.69. The molecule has 1 aliphatic heterocycles. The highest BCUT2D eigenvalue weighted by atomic mass is 35.5. The van der Waals surface area contributed by atoms with E-state index >= 15 is 0 Å². The number of carbonyl (C=O) groups is 2. The molecule has 2 aromatic carbocycles. The smallest absolute Gasteiger partial charge is 0.255 e. The van der Waals surface area contributed by atoms with E-state index in [0.29, 0.717) is 40.2 Å². The summed E-state index contributed by atoms with van der Waals surface area (Å²) in [6, 6.07) is 14.2. The minimum Gasteiger partial charge on any atom is -0.354 e. The summed E-state index contributed by atoms with van der Waals surface area (Å²) in [5.74, 6) is 0.942. The van der Waals surface area contributed by atoms with Crippen LogP contribution in [0, 0.1) is 5.92 Å². The molecule has 1 aliphatic carbocycles. The summed E-state index contributed by atoms with van der Waals surface area (Å²) >= 11 is 14.0. The van der Waals surface area contributed by atoms with Crippen molar-refractivity contribution in [1.29, 1.82) is 0 Å². The molecule has 1 saturated carbocycles. The van der Waals surface area contributed by atoms with Crippen LogP contribution in [0.5, 0.6) is 0 Å². The van der Waals surface area contributed by atoms with Crippen LogP contribution in [0.25, 0.3) is 0 Å². The number of hydrogen-bond donors (Lipinski definition) is 1. The van der Waals surface area contributed by atoms with E-state index in [-0.39, 0.29) is 17.2 Å². The normalized spacial score (nSPS) is 21.5. The maximum Gasteiger partial charge on any atom is 0.255 e. The van der Waals surface area contributed by atoms with Crippen molar-refractivity contribution < 1.29 is 9.59 Å². The van der Waals surface area contributed by atoms with Gasteiger partial charge in [-0.05, 0) is 55.0 Å². The van der Waals surface area contributed by atoms with Crippen molar-refractivity contribution in [1.82, 2.24) is 10.2 Å². The Morgan fingerprint density at radius 1 is 1.03 bits per heavy atom. The van der Waals surface area contributed by atoms with E-state index in [1.807, 2.05) is 41.3 Å². The first-order valence-electron chi connectivity index (χ1n) is 11.3. The third kappa shape index (κ3) is 5.44. The fourth-order valence-corrected chi connectivity index (χ4v) is 6.80. The van der Waals surface area contributed by atoms with Crippen LogP contribution in [-0.4, -0.2) is 40.4 Å². The van der Waals surface area contributed by atoms with Gasteiger partial charge in [0.2, 0.25) is 5.91 Å². The summed E-state index contributed by atoms with van der Waals surface area (Å²) in [6.07, 6.45) is 6.53. The van der Waals surface area contributed by atoms with Gasteiger partial charge in [0.1, 0.15) is 6.04 Å². The average molecular weight is 491 g/mol. The van der Waals surface area contributed by atoms with Crippen LogP contribution in [-0.2, 0) is 11.2 Å². The molecule has 7 heteroatoms. The highest BCUT2D eigenvalue weighted by Crippen LogP contribution is 2.41. The molecule has 1 N–H and O–H groups in total. The Labute approximate surface area is 204 Å². The molecule has 0 bridgehead atoms. The van der Waals surface area contributed by atoms with E-state index in [4.69, 9.17) is 23.2 Å². The number of rotatable bonds is 6. The van der Waals surface area contributed by atoms with Gasteiger partial charge in [-0.25, -0.2) is 0 Å². The van der Waals surface area contributed by atoms with Gasteiger partial charge in [0, 0.05) is 27.9 Å². The van der Waals surface area contributed by atoms with Gasteiger partial charge in [-0.1, -0.05) is 66.7 Å². The van der Waals surface area contributed by atoms with E-state index in [9.17, 15) is 9.59 Å². The number of benzene rings is 2. The number of hydrogen-bond acceptors (Lipinski definition) is 3. The summed E-state index contributed by atoms with van der Waals surface area (Å²) in [6.45, 7) is 0.461. The van der Waals surface area contributed by atoms with Crippen LogP contribution in [0.15, 0.2) is 48.5 Å². The molecule has 1 heterocycles. The summed E-state index contributed by atoms with van der Waals surface area (Å²) in [4.78, 5) is 28.5. The largest absolute Gasteiger partial charge is 0.354 e. The van der Waals surface area contributed by atoms with Crippen LogP contribution < -0.4 is 5.32 Å². The average Bonchev–Trinajstić information content (AvgIpc) is 3.26. The predicted molar refractivity (Wildman–Crippen MR) is 132 cm³/mol. The van der Waals surface area contributed by atoms with Crippen molar-refractivity contribution in [3.8, 4) is 0 Å². The Balaban J connectivity index is 1.46. The molecular weight excluding hydrogens is 463 g/mol. The Bertz CT molecular complexity index is 950. The van der Waals surface area contributed by atoms with Crippen molar-refractivity contribution in [2.45, 2.75) is 49.9 Å². The van der Waals surface area contributed by atoms with Gasteiger partial charge in [-0.15, -0.1) is 11.8 Å². The maximum atomic E-state index is 13.5. The van der Waals surface area contributed by atoms with E-state index in [1.165, 1.54) is 19.3 Å². The minimum absolute atomic E-state index is 0.0490. The number of halogens is 2. The Morgan fingerprint density at radius 3 is 2.50 bits per heavy atom. The van der Waals surface area contributed by atoms with Gasteiger partial charge < -0.3 is 10.2 Å². The SMILES string of the molecule is O=C(NCCc1ccc(Cl)cc1Cl)C1CSC(C2CCCCC2)N1C(=O)c1ccccc1. The molecule has 32 heavy (non-hydrogen) atoms. The van der Waals surface area contributed by atoms with Gasteiger partial charge >= 0.3 is 0 Å². The van der Waals surface area contributed by atoms with Gasteiger partial charge in [0.15, 0.2) is 0 Å². The number of nitrogens with one attached hydrogen (secondary N) is 1. The molecule has 0 radical (unpaired) electrons. The molecule has 4 nitrogen and oxygen atoms in total. The summed E-state index contributed by atoms with van der Waals surface area (Å²) in [7, 11) is 0. The van der Waals surface area contributed by atoms with Gasteiger partial charge in [0.05, 0.1) is 5.37 Å². The molecule has 170 valence electrons. The fraction of sp³-hybridized carbons (Fsp3) is 0.440. The predicted octanol–water partition coefficient (Wildman–Crippen LogP) is 5.82. The lowest BCUT2D eigenvalue weighted by atomic mass is 9.88. The number of thioether (sulfide) groups is 1. The summed E-state index contributed by atoms with van der Waals surface area (Å²) in [5, 5.41) is 4.29.